The van der Waals surface area contributed by atoms with Crippen molar-refractivity contribution in [3.63, 3.8) is 0 Å². The van der Waals surface area contributed by atoms with Crippen molar-refractivity contribution in [3.8, 4) is 0 Å². The van der Waals surface area contributed by atoms with Crippen molar-refractivity contribution < 1.29 is 14.5 Å². The fourth-order valence-corrected chi connectivity index (χ4v) is 1.79. The Morgan fingerprint density at radius 3 is 2.78 bits per heavy atom. The summed E-state index contributed by atoms with van der Waals surface area (Å²) < 4.78 is 4.87. The van der Waals surface area contributed by atoms with Crippen molar-refractivity contribution >= 4 is 39.0 Å². The Labute approximate surface area is 111 Å². The third-order valence-corrected chi connectivity index (χ3v) is 2.49. The van der Waals surface area contributed by atoms with E-state index in [1.165, 1.54) is 6.07 Å². The molecule has 2 aromatic rings. The molecule has 0 aliphatic carbocycles. The highest BCUT2D eigenvalue weighted by Gasteiger charge is 2.13. The second-order valence-corrected chi connectivity index (χ2v) is 4.09. The van der Waals surface area contributed by atoms with E-state index in [-0.39, 0.29) is 5.69 Å². The first-order chi connectivity index (χ1) is 8.60. The average molecular weight is 315 g/mol. The van der Waals surface area contributed by atoms with Gasteiger partial charge in [0, 0.05) is 22.1 Å². The average Bonchev–Trinajstić information content (AvgIpc) is 2.77. The number of aromatic amines is 1. The number of nitro groups is 1. The first-order valence-electron chi connectivity index (χ1n) is 5.06. The van der Waals surface area contributed by atoms with Crippen LogP contribution in [-0.2, 0) is 9.53 Å². The van der Waals surface area contributed by atoms with Gasteiger partial charge in [-0.05, 0) is 19.1 Å². The summed E-state index contributed by atoms with van der Waals surface area (Å²) >= 11 is 3.22. The highest BCUT2D eigenvalue weighted by Crippen LogP contribution is 2.28. The molecule has 1 heterocycles. The molecule has 1 aromatic heterocycles. The lowest BCUT2D eigenvalue weighted by atomic mass is 10.2. The van der Waals surface area contributed by atoms with E-state index in [0.717, 1.165) is 5.39 Å². The summed E-state index contributed by atoms with van der Waals surface area (Å²) in [6.07, 6.45) is 1.68. The van der Waals surface area contributed by atoms with Crippen molar-refractivity contribution in [1.82, 2.24) is 4.98 Å². The second kappa shape index (κ2) is 6.75. The summed E-state index contributed by atoms with van der Waals surface area (Å²) in [4.78, 5) is 22.2. The van der Waals surface area contributed by atoms with Gasteiger partial charge >= 0.3 is 0 Å². The maximum absolute atomic E-state index is 10.6. The van der Waals surface area contributed by atoms with Gasteiger partial charge in [0.1, 0.15) is 5.52 Å². The van der Waals surface area contributed by atoms with Crippen LogP contribution in [0.5, 0.6) is 0 Å². The van der Waals surface area contributed by atoms with Gasteiger partial charge in [0.15, 0.2) is 0 Å². The number of nitrogens with zero attached hydrogens (tertiary/aromatic N) is 1. The molecule has 6 nitrogen and oxygen atoms in total. The largest absolute Gasteiger partial charge is 0.468 e. The van der Waals surface area contributed by atoms with E-state index >= 15 is 0 Å². The standard InChI is InChI=1S/C8H5BrN2O2.C3H6O2/c9-6-3-5-1-2-10-8(5)7(4-6)11(12)13;1-2-5-3-4/h1-4,10H;3H,2H2,1H3. The molecule has 7 heteroatoms. The van der Waals surface area contributed by atoms with Gasteiger partial charge in [-0.2, -0.15) is 0 Å². The van der Waals surface area contributed by atoms with E-state index in [0.29, 0.717) is 23.1 Å². The van der Waals surface area contributed by atoms with Crippen LogP contribution in [-0.4, -0.2) is 23.0 Å². The van der Waals surface area contributed by atoms with Crippen LogP contribution in [0.15, 0.2) is 28.9 Å². The number of carbonyl (C=O) groups excluding carboxylic acids is 1. The molecule has 1 N–H and O–H groups in total. The highest BCUT2D eigenvalue weighted by atomic mass is 79.9. The predicted molar refractivity (Wildman–Crippen MR) is 70.3 cm³/mol. The molecule has 0 saturated heterocycles. The van der Waals surface area contributed by atoms with Gasteiger partial charge in [0.25, 0.3) is 12.2 Å². The molecular weight excluding hydrogens is 304 g/mol. The molecule has 18 heavy (non-hydrogen) atoms. The van der Waals surface area contributed by atoms with Crippen LogP contribution >= 0.6 is 15.9 Å². The third kappa shape index (κ3) is 3.56. The van der Waals surface area contributed by atoms with Gasteiger partial charge in [0.2, 0.25) is 0 Å². The molecule has 0 unspecified atom stereocenters. The van der Waals surface area contributed by atoms with Crippen LogP contribution in [0.25, 0.3) is 10.9 Å². The zero-order valence-electron chi connectivity index (χ0n) is 9.55. The smallest absolute Gasteiger partial charge is 0.294 e. The van der Waals surface area contributed by atoms with Crippen molar-refractivity contribution in [3.05, 3.63) is 39.0 Å². The molecule has 1 aromatic carbocycles. The van der Waals surface area contributed by atoms with E-state index in [1.54, 1.807) is 19.2 Å². The molecule has 0 aliphatic heterocycles. The van der Waals surface area contributed by atoms with Gasteiger partial charge in [0.05, 0.1) is 11.5 Å². The molecule has 0 fully saturated rings. The number of nitro benzene ring substituents is 1. The van der Waals surface area contributed by atoms with Crippen LogP contribution in [0.4, 0.5) is 5.69 Å². The van der Waals surface area contributed by atoms with Crippen LogP contribution in [0.2, 0.25) is 0 Å². The number of benzene rings is 1. The minimum atomic E-state index is -0.399. The Hall–Kier alpha value is -1.89. The summed E-state index contributed by atoms with van der Waals surface area (Å²) in [6.45, 7) is 2.66. The summed E-state index contributed by atoms with van der Waals surface area (Å²) in [5.41, 5.74) is 0.655. The van der Waals surface area contributed by atoms with Crippen molar-refractivity contribution in [1.29, 1.82) is 0 Å². The molecule has 0 radical (unpaired) electrons. The SMILES string of the molecule is CCOC=O.O=[N+]([O-])c1cc(Br)cc2cc[nH]c12. The fourth-order valence-electron chi connectivity index (χ4n) is 1.33. The summed E-state index contributed by atoms with van der Waals surface area (Å²) in [5, 5.41) is 11.5. The van der Waals surface area contributed by atoms with E-state index in [1.807, 2.05) is 6.07 Å². The van der Waals surface area contributed by atoms with Crippen molar-refractivity contribution in [2.45, 2.75) is 6.92 Å². The fraction of sp³-hybridized carbons (Fsp3) is 0.182. The minimum absolute atomic E-state index is 0.0920. The first kappa shape index (κ1) is 14.2. The summed E-state index contributed by atoms with van der Waals surface area (Å²) in [6, 6.07) is 5.12. The normalized spacial score (nSPS) is 9.44. The number of non-ortho nitro benzene ring substituents is 1. The van der Waals surface area contributed by atoms with Gasteiger partial charge in [-0.1, -0.05) is 15.9 Å². The molecule has 0 saturated carbocycles. The zero-order chi connectivity index (χ0) is 13.5. The van der Waals surface area contributed by atoms with Crippen LogP contribution in [0, 0.1) is 10.1 Å². The lowest BCUT2D eigenvalue weighted by Crippen LogP contribution is -1.89. The Bertz CT molecular complexity index is 553. The number of halogens is 1. The number of aromatic nitrogens is 1. The lowest BCUT2D eigenvalue weighted by Gasteiger charge is -1.95. The zero-order valence-corrected chi connectivity index (χ0v) is 11.1. The molecule has 0 spiro atoms. The Balaban J connectivity index is 0.000000280. The number of H-pyrrole nitrogens is 1. The number of ether oxygens (including phenoxy) is 1. The number of hydrogen-bond donors (Lipinski definition) is 1. The van der Waals surface area contributed by atoms with E-state index in [9.17, 15) is 14.9 Å². The molecule has 0 bridgehead atoms. The van der Waals surface area contributed by atoms with Crippen LogP contribution in [0.1, 0.15) is 6.92 Å². The number of fused-ring (bicyclic) bond motifs is 1. The van der Waals surface area contributed by atoms with Crippen LogP contribution < -0.4 is 0 Å². The molecule has 0 atom stereocenters. The molecule has 0 amide bonds. The summed E-state index contributed by atoms with van der Waals surface area (Å²) in [5.74, 6) is 0. The lowest BCUT2D eigenvalue weighted by molar-refractivity contribution is -0.383. The molecule has 96 valence electrons. The molecule has 0 aliphatic rings. The third-order valence-electron chi connectivity index (χ3n) is 2.03. The number of hydrogen-bond acceptors (Lipinski definition) is 4. The summed E-state index contributed by atoms with van der Waals surface area (Å²) in [7, 11) is 0. The van der Waals surface area contributed by atoms with E-state index in [2.05, 4.69) is 25.7 Å². The Kier molecular flexibility index (Phi) is 5.31. The van der Waals surface area contributed by atoms with Gasteiger partial charge in [-0.3, -0.25) is 14.9 Å². The van der Waals surface area contributed by atoms with E-state index in [4.69, 9.17) is 0 Å². The molecular formula is C11H11BrN2O4. The quantitative estimate of drug-likeness (QED) is 0.536. The second-order valence-electron chi connectivity index (χ2n) is 3.18. The maximum atomic E-state index is 10.6. The number of nitrogens with one attached hydrogen (secondary N) is 1. The predicted octanol–water partition coefficient (Wildman–Crippen LogP) is 3.02. The maximum Gasteiger partial charge on any atom is 0.294 e. The topological polar surface area (TPSA) is 85.2 Å². The Morgan fingerprint density at radius 1 is 1.56 bits per heavy atom. The highest BCUT2D eigenvalue weighted by molar-refractivity contribution is 9.10. The van der Waals surface area contributed by atoms with Crippen LogP contribution in [0.3, 0.4) is 0 Å². The first-order valence-corrected chi connectivity index (χ1v) is 5.85. The molecule has 2 rings (SSSR count). The van der Waals surface area contributed by atoms with E-state index < -0.39 is 4.92 Å². The van der Waals surface area contributed by atoms with Crippen molar-refractivity contribution in [2.24, 2.45) is 0 Å². The van der Waals surface area contributed by atoms with Gasteiger partial charge < -0.3 is 9.72 Å². The minimum Gasteiger partial charge on any atom is -0.468 e. The number of carbonyl (C=O) groups is 1. The van der Waals surface area contributed by atoms with Gasteiger partial charge in [-0.15, -0.1) is 0 Å². The monoisotopic (exact) mass is 314 g/mol. The van der Waals surface area contributed by atoms with Crippen molar-refractivity contribution in [2.75, 3.05) is 6.61 Å². The Morgan fingerprint density at radius 2 is 2.28 bits per heavy atom. The van der Waals surface area contributed by atoms with Gasteiger partial charge in [-0.25, -0.2) is 0 Å². The number of rotatable bonds is 3.